The molecule has 0 bridgehead atoms. The van der Waals surface area contributed by atoms with Crippen molar-refractivity contribution in [2.45, 2.75) is 0 Å². The summed E-state index contributed by atoms with van der Waals surface area (Å²) < 4.78 is 0. The Morgan fingerprint density at radius 3 is 2.36 bits per heavy atom. The van der Waals surface area contributed by atoms with Gasteiger partial charge in [-0.15, -0.1) is 0 Å². The number of anilines is 2. The number of hydrogen-bond acceptors (Lipinski definition) is 5. The molecule has 7 nitrogen and oxygen atoms in total. The molecule has 0 aliphatic rings. The van der Waals surface area contributed by atoms with Crippen LogP contribution in [0.4, 0.5) is 11.5 Å². The van der Waals surface area contributed by atoms with Crippen LogP contribution in [0.25, 0.3) is 0 Å². The molecule has 0 radical (unpaired) electrons. The van der Waals surface area contributed by atoms with Gasteiger partial charge in [0.05, 0.1) is 11.9 Å². The van der Waals surface area contributed by atoms with Crippen molar-refractivity contribution in [3.8, 4) is 0 Å². The van der Waals surface area contributed by atoms with E-state index >= 15 is 0 Å². The normalized spacial score (nSPS) is 8.57. The van der Waals surface area contributed by atoms with Gasteiger partial charge in [0.15, 0.2) is 0 Å². The van der Waals surface area contributed by atoms with Gasteiger partial charge in [0.25, 0.3) is 0 Å². The van der Waals surface area contributed by atoms with Crippen LogP contribution in [0.2, 0.25) is 0 Å². The van der Waals surface area contributed by atoms with Gasteiger partial charge >= 0.3 is 0 Å². The Morgan fingerprint density at radius 2 is 1.79 bits per heavy atom. The standard InChI is InChI=1S/C7H9N5O2/c13-4-9-11-6-1-2-7(8-3-6)12-10-5-14/h1-5,11H,(H,8,12)(H,9,13)(H,10,14). The summed E-state index contributed by atoms with van der Waals surface area (Å²) in [5, 5.41) is 0. The van der Waals surface area contributed by atoms with Gasteiger partial charge in [-0.05, 0) is 12.1 Å². The highest BCUT2D eigenvalue weighted by atomic mass is 16.1. The lowest BCUT2D eigenvalue weighted by molar-refractivity contribution is -0.109. The average Bonchev–Trinajstić information content (AvgIpc) is 2.25. The van der Waals surface area contributed by atoms with Crippen molar-refractivity contribution >= 4 is 24.3 Å². The molecule has 0 aliphatic heterocycles. The minimum atomic E-state index is 0.494. The number of amides is 2. The van der Waals surface area contributed by atoms with Crippen molar-refractivity contribution in [2.75, 3.05) is 10.9 Å². The topological polar surface area (TPSA) is 95.1 Å². The molecule has 0 spiro atoms. The molecule has 14 heavy (non-hydrogen) atoms. The van der Waals surface area contributed by atoms with Crippen molar-refractivity contribution in [3.05, 3.63) is 18.3 Å². The quantitative estimate of drug-likeness (QED) is 0.353. The summed E-state index contributed by atoms with van der Waals surface area (Å²) in [6, 6.07) is 3.31. The molecule has 4 N–H and O–H groups in total. The average molecular weight is 195 g/mol. The zero-order valence-electron chi connectivity index (χ0n) is 7.15. The highest BCUT2D eigenvalue weighted by Gasteiger charge is 1.92. The molecule has 0 aromatic carbocycles. The van der Waals surface area contributed by atoms with E-state index in [0.717, 1.165) is 0 Å². The Labute approximate surface area is 79.8 Å². The predicted molar refractivity (Wildman–Crippen MR) is 49.9 cm³/mol. The van der Waals surface area contributed by atoms with E-state index in [1.165, 1.54) is 6.20 Å². The second kappa shape index (κ2) is 5.36. The van der Waals surface area contributed by atoms with Crippen LogP contribution in [0.1, 0.15) is 0 Å². The van der Waals surface area contributed by atoms with Gasteiger partial charge in [-0.3, -0.25) is 31.3 Å². The van der Waals surface area contributed by atoms with Crippen LogP contribution in [0.5, 0.6) is 0 Å². The zero-order chi connectivity index (χ0) is 10.2. The van der Waals surface area contributed by atoms with Gasteiger partial charge < -0.3 is 0 Å². The van der Waals surface area contributed by atoms with E-state index in [2.05, 4.69) is 26.7 Å². The highest BCUT2D eigenvalue weighted by Crippen LogP contribution is 2.06. The third kappa shape index (κ3) is 2.97. The van der Waals surface area contributed by atoms with E-state index in [1.807, 2.05) is 0 Å². The molecule has 0 atom stereocenters. The summed E-state index contributed by atoms with van der Waals surface area (Å²) in [5.74, 6) is 0.494. The zero-order valence-corrected chi connectivity index (χ0v) is 7.15. The van der Waals surface area contributed by atoms with Gasteiger partial charge in [0, 0.05) is 0 Å². The molecule has 1 rings (SSSR count). The molecular weight excluding hydrogens is 186 g/mol. The third-order valence-corrected chi connectivity index (χ3v) is 1.30. The molecule has 0 unspecified atom stereocenters. The summed E-state index contributed by atoms with van der Waals surface area (Å²) in [4.78, 5) is 23.8. The minimum absolute atomic E-state index is 0.494. The van der Waals surface area contributed by atoms with Crippen LogP contribution in [-0.2, 0) is 9.59 Å². The first-order chi connectivity index (χ1) is 6.86. The van der Waals surface area contributed by atoms with Crippen LogP contribution in [-0.4, -0.2) is 17.8 Å². The van der Waals surface area contributed by atoms with E-state index < -0.39 is 0 Å². The molecule has 1 aromatic rings. The summed E-state index contributed by atoms with van der Waals surface area (Å²) >= 11 is 0. The van der Waals surface area contributed by atoms with Gasteiger partial charge in [0.2, 0.25) is 12.8 Å². The number of rotatable bonds is 6. The molecule has 0 saturated carbocycles. The Morgan fingerprint density at radius 1 is 1.07 bits per heavy atom. The van der Waals surface area contributed by atoms with Crippen molar-refractivity contribution in [2.24, 2.45) is 0 Å². The van der Waals surface area contributed by atoms with Crippen LogP contribution in [0, 0.1) is 0 Å². The van der Waals surface area contributed by atoms with E-state index in [-0.39, 0.29) is 0 Å². The molecule has 0 saturated heterocycles. The number of hydrogen-bond donors (Lipinski definition) is 4. The lowest BCUT2D eigenvalue weighted by atomic mass is 10.4. The minimum Gasteiger partial charge on any atom is -0.297 e. The fourth-order valence-corrected chi connectivity index (χ4v) is 0.758. The number of carbonyl (C=O) groups is 2. The van der Waals surface area contributed by atoms with Crippen molar-refractivity contribution in [1.82, 2.24) is 15.8 Å². The number of aromatic nitrogens is 1. The maximum absolute atomic E-state index is 9.93. The lowest BCUT2D eigenvalue weighted by Gasteiger charge is -2.05. The molecule has 1 aromatic heterocycles. The molecule has 0 aliphatic carbocycles. The van der Waals surface area contributed by atoms with Crippen LogP contribution >= 0.6 is 0 Å². The monoisotopic (exact) mass is 195 g/mol. The Kier molecular flexibility index (Phi) is 3.74. The number of pyridine rings is 1. The van der Waals surface area contributed by atoms with Gasteiger partial charge in [-0.25, -0.2) is 4.98 Å². The fourth-order valence-electron chi connectivity index (χ4n) is 0.758. The molecule has 1 heterocycles. The molecule has 74 valence electrons. The van der Waals surface area contributed by atoms with Crippen LogP contribution < -0.4 is 21.7 Å². The molecule has 2 amide bonds. The van der Waals surface area contributed by atoms with E-state index in [9.17, 15) is 9.59 Å². The summed E-state index contributed by atoms with van der Waals surface area (Å²) in [5.41, 5.74) is 10.2. The first-order valence-electron chi connectivity index (χ1n) is 3.73. The van der Waals surface area contributed by atoms with Gasteiger partial charge in [0.1, 0.15) is 5.82 Å². The number of carbonyl (C=O) groups excluding carboxylic acids is 2. The number of nitrogens with one attached hydrogen (secondary N) is 4. The third-order valence-electron chi connectivity index (χ3n) is 1.30. The second-order valence-electron chi connectivity index (χ2n) is 2.21. The van der Waals surface area contributed by atoms with Crippen LogP contribution in [0.15, 0.2) is 18.3 Å². The lowest BCUT2D eigenvalue weighted by Crippen LogP contribution is -2.21. The largest absolute Gasteiger partial charge is 0.297 e. The first-order valence-corrected chi connectivity index (χ1v) is 3.73. The molecular formula is C7H9N5O2. The maximum atomic E-state index is 9.93. The van der Waals surface area contributed by atoms with Gasteiger partial charge in [-0.1, -0.05) is 0 Å². The Balaban J connectivity index is 2.49. The van der Waals surface area contributed by atoms with E-state index in [4.69, 9.17) is 0 Å². The summed E-state index contributed by atoms with van der Waals surface area (Å²) in [6.45, 7) is 0. The molecule has 0 fully saturated rings. The van der Waals surface area contributed by atoms with Gasteiger partial charge in [-0.2, -0.15) is 0 Å². The predicted octanol–water partition coefficient (Wildman–Crippen LogP) is -0.773. The first kappa shape index (κ1) is 9.78. The number of hydrazine groups is 2. The van der Waals surface area contributed by atoms with Crippen molar-refractivity contribution in [3.63, 3.8) is 0 Å². The Bertz CT molecular complexity index is 268. The maximum Gasteiger partial charge on any atom is 0.225 e. The second-order valence-corrected chi connectivity index (χ2v) is 2.21. The SMILES string of the molecule is O=CNNc1ccc(NNC=O)nc1. The van der Waals surface area contributed by atoms with Crippen molar-refractivity contribution in [1.29, 1.82) is 0 Å². The Hall–Kier alpha value is -2.31. The summed E-state index contributed by atoms with van der Waals surface area (Å²) in [7, 11) is 0. The highest BCUT2D eigenvalue weighted by molar-refractivity contribution is 5.55. The number of nitrogens with zero attached hydrogens (tertiary/aromatic N) is 1. The smallest absolute Gasteiger partial charge is 0.225 e. The fraction of sp³-hybridized carbons (Fsp3) is 0. The van der Waals surface area contributed by atoms with E-state index in [1.54, 1.807) is 12.1 Å². The molecule has 7 heteroatoms. The van der Waals surface area contributed by atoms with Crippen molar-refractivity contribution < 1.29 is 9.59 Å². The van der Waals surface area contributed by atoms with E-state index in [0.29, 0.717) is 24.3 Å². The van der Waals surface area contributed by atoms with Crippen LogP contribution in [0.3, 0.4) is 0 Å². The summed E-state index contributed by atoms with van der Waals surface area (Å²) in [6.07, 6.45) is 2.51.